The normalized spacial score (nSPS) is 12.9. The quantitative estimate of drug-likeness (QED) is 0.413. The van der Waals surface area contributed by atoms with Gasteiger partial charge >= 0.3 is 12.2 Å². The van der Waals surface area contributed by atoms with Crippen LogP contribution >= 0.6 is 0 Å². The number of nitrogens with zero attached hydrogens (tertiary/aromatic N) is 1. The van der Waals surface area contributed by atoms with Gasteiger partial charge in [-0.25, -0.2) is 9.59 Å². The van der Waals surface area contributed by atoms with E-state index in [1.54, 1.807) is 48.5 Å². The fraction of sp³-hybridized carbons (Fsp3) is 0.160. The van der Waals surface area contributed by atoms with Crippen molar-refractivity contribution in [2.75, 3.05) is 29.0 Å². The Hall–Kier alpha value is -4.53. The third-order valence-electron chi connectivity index (χ3n) is 5.29. The smallest absolute Gasteiger partial charge is 0.412 e. The molecule has 4 N–H and O–H groups in total. The zero-order valence-corrected chi connectivity index (χ0v) is 18.2. The highest BCUT2D eigenvalue weighted by molar-refractivity contribution is 6.07. The zero-order valence-electron chi connectivity index (χ0n) is 18.2. The summed E-state index contributed by atoms with van der Waals surface area (Å²) >= 11 is 0. The third-order valence-corrected chi connectivity index (χ3v) is 5.29. The molecule has 1 aliphatic rings. The van der Waals surface area contributed by atoms with Gasteiger partial charge in [-0.05, 0) is 42.0 Å². The van der Waals surface area contributed by atoms with E-state index in [1.807, 2.05) is 30.3 Å². The number of carbonyl (C=O) groups excluding carboxylic acids is 2. The molecule has 1 aliphatic heterocycles. The van der Waals surface area contributed by atoms with Crippen LogP contribution in [-0.4, -0.2) is 47.2 Å². The number of likely N-dealkylation sites (tertiary alicyclic amines) is 1. The van der Waals surface area contributed by atoms with Crippen LogP contribution in [0.25, 0.3) is 0 Å². The Labute approximate surface area is 196 Å². The summed E-state index contributed by atoms with van der Waals surface area (Å²) < 4.78 is 5.25. The lowest BCUT2D eigenvalue weighted by molar-refractivity contribution is 0.102. The fourth-order valence-electron chi connectivity index (χ4n) is 3.44. The molecule has 3 aromatic rings. The predicted molar refractivity (Wildman–Crippen MR) is 128 cm³/mol. The van der Waals surface area contributed by atoms with E-state index < -0.39 is 12.2 Å². The van der Waals surface area contributed by atoms with Crippen LogP contribution < -0.4 is 16.0 Å². The van der Waals surface area contributed by atoms with Crippen LogP contribution in [0, 0.1) is 0 Å². The summed E-state index contributed by atoms with van der Waals surface area (Å²) in [7, 11) is 0. The summed E-state index contributed by atoms with van der Waals surface area (Å²) in [5.74, 6) is -0.334. The number of ether oxygens (including phenoxy) is 1. The van der Waals surface area contributed by atoms with Gasteiger partial charge in [0.05, 0.1) is 17.4 Å². The minimum atomic E-state index is -0.927. The van der Waals surface area contributed by atoms with Gasteiger partial charge in [0, 0.05) is 24.3 Å². The van der Waals surface area contributed by atoms with Gasteiger partial charge in [-0.2, -0.15) is 0 Å². The molecule has 1 saturated heterocycles. The van der Waals surface area contributed by atoms with E-state index in [2.05, 4.69) is 16.0 Å². The molecule has 9 heteroatoms. The van der Waals surface area contributed by atoms with Crippen molar-refractivity contribution in [2.24, 2.45) is 0 Å². The molecule has 0 aromatic heterocycles. The minimum Gasteiger partial charge on any atom is -0.465 e. The average Bonchev–Trinajstić information content (AvgIpc) is 2.82. The lowest BCUT2D eigenvalue weighted by Gasteiger charge is -2.37. The van der Waals surface area contributed by atoms with Crippen molar-refractivity contribution in [3.63, 3.8) is 0 Å². The molecule has 0 radical (unpaired) electrons. The maximum Gasteiger partial charge on any atom is 0.412 e. The lowest BCUT2D eigenvalue weighted by Crippen LogP contribution is -2.56. The van der Waals surface area contributed by atoms with Crippen molar-refractivity contribution in [3.05, 3.63) is 90.0 Å². The highest BCUT2D eigenvalue weighted by atomic mass is 16.5. The molecule has 3 amide bonds. The molecule has 0 saturated carbocycles. The van der Waals surface area contributed by atoms with Crippen LogP contribution in [0.15, 0.2) is 78.9 Å². The first-order valence-corrected chi connectivity index (χ1v) is 10.7. The van der Waals surface area contributed by atoms with Gasteiger partial charge in [-0.15, -0.1) is 0 Å². The van der Waals surface area contributed by atoms with Crippen LogP contribution in [-0.2, 0) is 11.3 Å². The van der Waals surface area contributed by atoms with Gasteiger partial charge in [0.15, 0.2) is 0 Å². The van der Waals surface area contributed by atoms with Crippen LogP contribution in [0.5, 0.6) is 0 Å². The van der Waals surface area contributed by atoms with Crippen LogP contribution in [0.2, 0.25) is 0 Å². The average molecular weight is 460 g/mol. The van der Waals surface area contributed by atoms with Gasteiger partial charge in [0.1, 0.15) is 6.61 Å². The van der Waals surface area contributed by atoms with E-state index in [4.69, 9.17) is 9.84 Å². The van der Waals surface area contributed by atoms with Crippen LogP contribution in [0.1, 0.15) is 15.9 Å². The van der Waals surface area contributed by atoms with Crippen molar-refractivity contribution in [2.45, 2.75) is 12.6 Å². The SMILES string of the molecule is O=C(Nc1ccccc1NC(=O)c1ccc(NC2CN(C(=O)O)C2)cc1)OCc1ccccc1. The second-order valence-corrected chi connectivity index (χ2v) is 7.79. The molecular weight excluding hydrogens is 436 g/mol. The highest BCUT2D eigenvalue weighted by Gasteiger charge is 2.30. The first-order chi connectivity index (χ1) is 16.5. The molecular formula is C25H24N4O5. The number of anilines is 3. The number of benzene rings is 3. The van der Waals surface area contributed by atoms with Crippen molar-refractivity contribution in [1.29, 1.82) is 0 Å². The van der Waals surface area contributed by atoms with Crippen molar-refractivity contribution in [3.8, 4) is 0 Å². The number of rotatable bonds is 7. The molecule has 0 bridgehead atoms. The Bertz CT molecular complexity index is 1160. The molecule has 9 nitrogen and oxygen atoms in total. The fourth-order valence-corrected chi connectivity index (χ4v) is 3.44. The van der Waals surface area contributed by atoms with Gasteiger partial charge in [-0.1, -0.05) is 42.5 Å². The predicted octanol–water partition coefficient (Wildman–Crippen LogP) is 4.46. The summed E-state index contributed by atoms with van der Waals surface area (Å²) in [5, 5.41) is 17.6. The summed E-state index contributed by atoms with van der Waals surface area (Å²) in [5.41, 5.74) is 2.96. The first-order valence-electron chi connectivity index (χ1n) is 10.7. The largest absolute Gasteiger partial charge is 0.465 e. The first kappa shape index (κ1) is 22.7. The molecule has 1 fully saturated rings. The molecule has 174 valence electrons. The number of amides is 3. The van der Waals surface area contributed by atoms with Gasteiger partial charge in [0.25, 0.3) is 5.91 Å². The van der Waals surface area contributed by atoms with E-state index in [-0.39, 0.29) is 18.6 Å². The number of hydrogen-bond acceptors (Lipinski definition) is 5. The Morgan fingerprint density at radius 1 is 0.853 bits per heavy atom. The summed E-state index contributed by atoms with van der Waals surface area (Å²) in [6, 6.07) is 23.1. The van der Waals surface area contributed by atoms with Crippen LogP contribution in [0.3, 0.4) is 0 Å². The maximum absolute atomic E-state index is 12.7. The van der Waals surface area contributed by atoms with E-state index in [0.29, 0.717) is 30.0 Å². The number of carbonyl (C=O) groups is 3. The summed E-state index contributed by atoms with van der Waals surface area (Å²) in [6.45, 7) is 0.987. The van der Waals surface area contributed by atoms with Gasteiger partial charge < -0.3 is 25.4 Å². The highest BCUT2D eigenvalue weighted by Crippen LogP contribution is 2.23. The van der Waals surface area contributed by atoms with E-state index in [9.17, 15) is 14.4 Å². The number of carboxylic acid groups (broad SMARTS) is 1. The Kier molecular flexibility index (Phi) is 6.92. The molecule has 1 heterocycles. The number of para-hydroxylation sites is 2. The summed E-state index contributed by atoms with van der Waals surface area (Å²) in [4.78, 5) is 37.1. The van der Waals surface area contributed by atoms with E-state index >= 15 is 0 Å². The van der Waals surface area contributed by atoms with E-state index in [0.717, 1.165) is 11.3 Å². The van der Waals surface area contributed by atoms with Crippen molar-refractivity contribution in [1.82, 2.24) is 4.90 Å². The topological polar surface area (TPSA) is 120 Å². The summed E-state index contributed by atoms with van der Waals surface area (Å²) in [6.07, 6.45) is -1.55. The molecule has 0 aliphatic carbocycles. The van der Waals surface area contributed by atoms with Gasteiger partial charge in [-0.3, -0.25) is 10.1 Å². The third kappa shape index (κ3) is 5.83. The monoisotopic (exact) mass is 460 g/mol. The van der Waals surface area contributed by atoms with E-state index in [1.165, 1.54) is 4.90 Å². The number of hydrogen-bond donors (Lipinski definition) is 4. The Balaban J connectivity index is 1.31. The molecule has 3 aromatic carbocycles. The molecule has 4 rings (SSSR count). The second kappa shape index (κ2) is 10.4. The van der Waals surface area contributed by atoms with Crippen molar-refractivity contribution >= 4 is 35.2 Å². The second-order valence-electron chi connectivity index (χ2n) is 7.79. The maximum atomic E-state index is 12.7. The lowest BCUT2D eigenvalue weighted by atomic mass is 10.1. The molecule has 34 heavy (non-hydrogen) atoms. The Morgan fingerprint density at radius 3 is 2.12 bits per heavy atom. The van der Waals surface area contributed by atoms with Crippen molar-refractivity contribution < 1.29 is 24.2 Å². The standard InChI is InChI=1S/C25H24N4O5/c30-23(18-10-12-19(13-11-18)26-20-14-29(15-20)25(32)33)27-21-8-4-5-9-22(21)28-24(31)34-16-17-6-2-1-3-7-17/h1-13,20,26H,14-16H2,(H,27,30)(H,28,31)(H,32,33). The Morgan fingerprint density at radius 2 is 1.47 bits per heavy atom. The zero-order chi connectivity index (χ0) is 23.9. The molecule has 0 unspecified atom stereocenters. The number of nitrogens with one attached hydrogen (secondary N) is 3. The molecule has 0 atom stereocenters. The minimum absolute atomic E-state index is 0.0513. The van der Waals surface area contributed by atoms with Gasteiger partial charge in [0.2, 0.25) is 0 Å². The van der Waals surface area contributed by atoms with Crippen LogP contribution in [0.4, 0.5) is 26.7 Å². The molecule has 0 spiro atoms.